The van der Waals surface area contributed by atoms with Crippen molar-refractivity contribution < 1.29 is 19.3 Å². The van der Waals surface area contributed by atoms with Crippen LogP contribution in [0.25, 0.3) is 0 Å². The van der Waals surface area contributed by atoms with E-state index in [4.69, 9.17) is 14.2 Å². The van der Waals surface area contributed by atoms with Gasteiger partial charge in [-0.25, -0.2) is 0 Å². The normalized spacial score (nSPS) is 14.0. The lowest BCUT2D eigenvalue weighted by molar-refractivity contribution is -0.0141. The SMILES string of the molecule is CCCCCCCCCCCCCCC(CCC)Oc1ccccc1C1(OCCO)c2ccccc2Oc2ccccc21. The van der Waals surface area contributed by atoms with Crippen molar-refractivity contribution in [3.63, 3.8) is 0 Å². The Morgan fingerprint density at radius 1 is 0.605 bits per heavy atom. The number of ether oxygens (including phenoxy) is 3. The fraction of sp³-hybridized carbons (Fsp3) is 0.538. The smallest absolute Gasteiger partial charge is 0.154 e. The summed E-state index contributed by atoms with van der Waals surface area (Å²) in [5.74, 6) is 2.36. The van der Waals surface area contributed by atoms with Crippen LogP contribution < -0.4 is 9.47 Å². The molecule has 234 valence electrons. The minimum Gasteiger partial charge on any atom is -0.490 e. The van der Waals surface area contributed by atoms with Gasteiger partial charge in [-0.15, -0.1) is 0 Å². The first-order valence-electron chi connectivity index (χ1n) is 17.1. The standard InChI is InChI=1S/C39H54O4/c1-3-5-6-7-8-9-10-11-12-13-14-15-23-32(22-4-2)42-36-27-19-16-24-33(36)39(41-31-30-40)34-25-17-20-28-37(34)43-38-29-21-18-26-35(38)39/h16-21,24-29,32,40H,3-15,22-23,30-31H2,1-2H3. The maximum absolute atomic E-state index is 9.89. The molecule has 0 spiro atoms. The highest BCUT2D eigenvalue weighted by Crippen LogP contribution is 2.54. The van der Waals surface area contributed by atoms with E-state index in [0.717, 1.165) is 53.2 Å². The Bertz CT molecular complexity index is 1160. The molecular weight excluding hydrogens is 532 g/mol. The second-order valence-electron chi connectivity index (χ2n) is 12.1. The maximum Gasteiger partial charge on any atom is 0.154 e. The van der Waals surface area contributed by atoms with Crippen molar-refractivity contribution in [1.29, 1.82) is 0 Å². The van der Waals surface area contributed by atoms with E-state index in [-0.39, 0.29) is 19.3 Å². The Hall–Kier alpha value is -2.82. The number of hydrogen-bond donors (Lipinski definition) is 1. The summed E-state index contributed by atoms with van der Waals surface area (Å²) in [6.45, 7) is 4.63. The average Bonchev–Trinajstić information content (AvgIpc) is 3.04. The van der Waals surface area contributed by atoms with Crippen molar-refractivity contribution in [2.24, 2.45) is 0 Å². The zero-order chi connectivity index (χ0) is 30.2. The minimum atomic E-state index is -0.961. The molecule has 0 fully saturated rings. The monoisotopic (exact) mass is 586 g/mol. The Balaban J connectivity index is 1.44. The predicted octanol–water partition coefficient (Wildman–Crippen LogP) is 10.7. The zero-order valence-electron chi connectivity index (χ0n) is 26.7. The van der Waals surface area contributed by atoms with E-state index in [2.05, 4.69) is 38.1 Å². The second kappa shape index (κ2) is 18.1. The molecule has 0 aromatic heterocycles. The molecule has 3 aromatic carbocycles. The van der Waals surface area contributed by atoms with Gasteiger partial charge >= 0.3 is 0 Å². The van der Waals surface area contributed by atoms with Crippen LogP contribution in [0, 0.1) is 0 Å². The van der Waals surface area contributed by atoms with Crippen LogP contribution in [0.4, 0.5) is 0 Å². The summed E-state index contributed by atoms with van der Waals surface area (Å²) in [4.78, 5) is 0. The third-order valence-corrected chi connectivity index (χ3v) is 8.71. The third-order valence-electron chi connectivity index (χ3n) is 8.71. The van der Waals surface area contributed by atoms with Crippen molar-refractivity contribution in [2.45, 2.75) is 122 Å². The van der Waals surface area contributed by atoms with E-state index in [9.17, 15) is 5.11 Å². The van der Waals surface area contributed by atoms with E-state index in [1.807, 2.05) is 48.5 Å². The van der Waals surface area contributed by atoms with Crippen molar-refractivity contribution >= 4 is 0 Å². The highest BCUT2D eigenvalue weighted by atomic mass is 16.5. The summed E-state index contributed by atoms with van der Waals surface area (Å²) in [7, 11) is 0. The van der Waals surface area contributed by atoms with Gasteiger partial charge < -0.3 is 19.3 Å². The van der Waals surface area contributed by atoms with Gasteiger partial charge in [0.2, 0.25) is 0 Å². The molecule has 4 heteroatoms. The van der Waals surface area contributed by atoms with Crippen LogP contribution in [0.5, 0.6) is 17.2 Å². The molecule has 3 aromatic rings. The van der Waals surface area contributed by atoms with Gasteiger partial charge in [0, 0.05) is 16.7 Å². The molecule has 0 bridgehead atoms. The Kier molecular flexibility index (Phi) is 13.9. The predicted molar refractivity (Wildman–Crippen MR) is 177 cm³/mol. The van der Waals surface area contributed by atoms with Crippen LogP contribution >= 0.6 is 0 Å². The highest BCUT2D eigenvalue weighted by molar-refractivity contribution is 5.63. The van der Waals surface area contributed by atoms with E-state index in [0.29, 0.717) is 0 Å². The molecule has 1 aliphatic rings. The largest absolute Gasteiger partial charge is 0.490 e. The van der Waals surface area contributed by atoms with Gasteiger partial charge in [0.25, 0.3) is 0 Å². The molecule has 0 aliphatic carbocycles. The quantitative estimate of drug-likeness (QED) is 0.126. The number of aliphatic hydroxyl groups excluding tert-OH is 1. The Morgan fingerprint density at radius 3 is 1.67 bits per heavy atom. The summed E-state index contributed by atoms with van der Waals surface area (Å²) in [5, 5.41) is 9.89. The van der Waals surface area contributed by atoms with Gasteiger partial charge in [-0.3, -0.25) is 0 Å². The molecule has 0 amide bonds. The summed E-state index contributed by atoms with van der Waals surface area (Å²) >= 11 is 0. The average molecular weight is 587 g/mol. The topological polar surface area (TPSA) is 47.9 Å². The van der Waals surface area contributed by atoms with Gasteiger partial charge in [0.15, 0.2) is 5.60 Å². The number of benzene rings is 3. The number of unbranched alkanes of at least 4 members (excludes halogenated alkanes) is 11. The van der Waals surface area contributed by atoms with E-state index in [1.54, 1.807) is 0 Å². The lowest BCUT2D eigenvalue weighted by atomic mass is 9.77. The van der Waals surface area contributed by atoms with Crippen molar-refractivity contribution in [3.05, 3.63) is 89.5 Å². The van der Waals surface area contributed by atoms with Crippen LogP contribution in [0.2, 0.25) is 0 Å². The number of fused-ring (bicyclic) bond motifs is 2. The molecule has 1 atom stereocenters. The lowest BCUT2D eigenvalue weighted by Gasteiger charge is -2.41. The molecule has 1 N–H and O–H groups in total. The number of para-hydroxylation sites is 3. The number of rotatable bonds is 21. The molecule has 43 heavy (non-hydrogen) atoms. The number of aliphatic hydroxyl groups is 1. The third kappa shape index (κ3) is 8.86. The second-order valence-corrected chi connectivity index (χ2v) is 12.1. The Morgan fingerprint density at radius 2 is 1.12 bits per heavy atom. The van der Waals surface area contributed by atoms with Crippen LogP contribution in [0.15, 0.2) is 72.8 Å². The van der Waals surface area contributed by atoms with Crippen molar-refractivity contribution in [2.75, 3.05) is 13.2 Å². The molecule has 0 saturated heterocycles. The Labute approximate surface area is 260 Å². The molecule has 0 radical (unpaired) electrons. The van der Waals surface area contributed by atoms with Crippen molar-refractivity contribution in [3.8, 4) is 17.2 Å². The highest BCUT2D eigenvalue weighted by Gasteiger charge is 2.46. The van der Waals surface area contributed by atoms with Gasteiger partial charge in [-0.05, 0) is 37.5 Å². The van der Waals surface area contributed by atoms with Gasteiger partial charge in [-0.2, -0.15) is 0 Å². The molecule has 4 nitrogen and oxygen atoms in total. The fourth-order valence-corrected chi connectivity index (χ4v) is 6.52. The van der Waals surface area contributed by atoms with E-state index >= 15 is 0 Å². The van der Waals surface area contributed by atoms with Crippen molar-refractivity contribution in [1.82, 2.24) is 0 Å². The van der Waals surface area contributed by atoms with E-state index in [1.165, 1.54) is 77.0 Å². The van der Waals surface area contributed by atoms with Crippen LogP contribution in [-0.4, -0.2) is 24.4 Å². The minimum absolute atomic E-state index is 0.0760. The zero-order valence-corrected chi connectivity index (χ0v) is 26.7. The molecular formula is C39H54O4. The van der Waals surface area contributed by atoms with Crippen LogP contribution in [-0.2, 0) is 10.3 Å². The summed E-state index contributed by atoms with van der Waals surface area (Å²) < 4.78 is 19.9. The summed E-state index contributed by atoms with van der Waals surface area (Å²) in [6, 6.07) is 24.4. The molecule has 1 heterocycles. The first kappa shape index (κ1) is 33.1. The summed E-state index contributed by atoms with van der Waals surface area (Å²) in [6.07, 6.45) is 19.6. The first-order valence-corrected chi connectivity index (χ1v) is 17.1. The van der Waals surface area contributed by atoms with E-state index < -0.39 is 5.60 Å². The first-order chi connectivity index (χ1) is 21.2. The fourth-order valence-electron chi connectivity index (χ4n) is 6.52. The van der Waals surface area contributed by atoms with Crippen LogP contribution in [0.1, 0.15) is 127 Å². The van der Waals surface area contributed by atoms with Crippen LogP contribution in [0.3, 0.4) is 0 Å². The van der Waals surface area contributed by atoms with Gasteiger partial charge in [0.05, 0.1) is 19.3 Å². The lowest BCUT2D eigenvalue weighted by Crippen LogP contribution is -2.37. The molecule has 0 saturated carbocycles. The maximum atomic E-state index is 9.89. The van der Waals surface area contributed by atoms with Gasteiger partial charge in [0.1, 0.15) is 17.2 Å². The molecule has 1 unspecified atom stereocenters. The van der Waals surface area contributed by atoms with Gasteiger partial charge in [-0.1, -0.05) is 145 Å². The molecule has 4 rings (SSSR count). The molecule has 1 aliphatic heterocycles. The number of hydrogen-bond acceptors (Lipinski definition) is 4. The summed E-state index contributed by atoms with van der Waals surface area (Å²) in [5.41, 5.74) is 1.83.